The van der Waals surface area contributed by atoms with Crippen LogP contribution >= 0.6 is 11.6 Å². The highest BCUT2D eigenvalue weighted by molar-refractivity contribution is 6.32. The second kappa shape index (κ2) is 8.90. The normalized spacial score (nSPS) is 10.7. The maximum Gasteiger partial charge on any atom is 0.336 e. The van der Waals surface area contributed by atoms with Crippen LogP contribution in [0.3, 0.4) is 0 Å². The number of ether oxygens (including phenoxy) is 1. The summed E-state index contributed by atoms with van der Waals surface area (Å²) in [6.07, 6.45) is 0. The van der Waals surface area contributed by atoms with Crippen LogP contribution in [0.25, 0.3) is 11.0 Å². The van der Waals surface area contributed by atoms with Gasteiger partial charge in [-0.25, -0.2) is 4.79 Å². The quantitative estimate of drug-likeness (QED) is 0.674. The topological polar surface area (TPSA) is 80.1 Å². The number of amides is 2. The Labute approximate surface area is 162 Å². The van der Waals surface area contributed by atoms with Crippen LogP contribution < -0.4 is 10.4 Å². The molecule has 1 aromatic heterocycles. The van der Waals surface area contributed by atoms with Crippen molar-refractivity contribution in [1.82, 2.24) is 9.80 Å². The van der Waals surface area contributed by atoms with Crippen molar-refractivity contribution in [1.29, 1.82) is 0 Å². The molecule has 0 N–H and O–H groups in total. The Hall–Kier alpha value is -2.54. The minimum absolute atomic E-state index is 0.0244. The van der Waals surface area contributed by atoms with Crippen molar-refractivity contribution in [2.75, 3.05) is 33.3 Å². The summed E-state index contributed by atoms with van der Waals surface area (Å²) in [5.74, 6) is -0.260. The molecule has 0 aliphatic carbocycles. The lowest BCUT2D eigenvalue weighted by molar-refractivity contribution is -0.140. The Morgan fingerprint density at radius 3 is 2.44 bits per heavy atom. The Kier molecular flexibility index (Phi) is 6.85. The van der Waals surface area contributed by atoms with E-state index in [4.69, 9.17) is 20.8 Å². The van der Waals surface area contributed by atoms with Crippen LogP contribution in [-0.4, -0.2) is 54.9 Å². The lowest BCUT2D eigenvalue weighted by atomic mass is 10.1. The molecular weight excluding hydrogens is 372 g/mol. The van der Waals surface area contributed by atoms with Crippen molar-refractivity contribution < 1.29 is 18.7 Å². The van der Waals surface area contributed by atoms with E-state index in [-0.39, 0.29) is 30.7 Å². The maximum absolute atomic E-state index is 12.2. The molecule has 0 saturated carbocycles. The van der Waals surface area contributed by atoms with Crippen LogP contribution in [0.2, 0.25) is 5.02 Å². The maximum atomic E-state index is 12.2. The zero-order valence-electron chi connectivity index (χ0n) is 15.9. The number of fused-ring (bicyclic) bond motifs is 1. The minimum atomic E-state index is -0.473. The predicted octanol–water partition coefficient (Wildman–Crippen LogP) is 2.46. The molecule has 0 saturated heterocycles. The van der Waals surface area contributed by atoms with Gasteiger partial charge in [0.15, 0.2) is 6.61 Å². The number of halogens is 1. The standard InChI is InChI=1S/C19H23ClN2O5/c1-5-22(6-2)17(23)10-21(4)18(24)11-26-16-9-15-13(8-14(16)20)12(3)7-19(25)27-15/h7-9H,5-6,10-11H2,1-4H3. The molecule has 0 atom stereocenters. The van der Waals surface area contributed by atoms with E-state index in [1.165, 1.54) is 24.1 Å². The summed E-state index contributed by atoms with van der Waals surface area (Å²) in [5.41, 5.74) is 0.594. The van der Waals surface area contributed by atoms with Crippen molar-refractivity contribution >= 4 is 34.4 Å². The van der Waals surface area contributed by atoms with Crippen molar-refractivity contribution in [3.8, 4) is 5.75 Å². The lowest BCUT2D eigenvalue weighted by Gasteiger charge is -2.23. The minimum Gasteiger partial charge on any atom is -0.482 e. The second-order valence-electron chi connectivity index (χ2n) is 6.13. The highest BCUT2D eigenvalue weighted by Crippen LogP contribution is 2.31. The molecule has 0 aliphatic heterocycles. The molecular formula is C19H23ClN2O5. The number of likely N-dealkylation sites (N-methyl/N-ethyl adjacent to an activating group) is 2. The van der Waals surface area contributed by atoms with Gasteiger partial charge in [-0.05, 0) is 32.4 Å². The van der Waals surface area contributed by atoms with E-state index in [0.717, 1.165) is 5.56 Å². The Bertz CT molecular complexity index is 905. The van der Waals surface area contributed by atoms with E-state index < -0.39 is 5.63 Å². The van der Waals surface area contributed by atoms with Crippen LogP contribution in [0.5, 0.6) is 5.75 Å². The van der Waals surface area contributed by atoms with Crippen LogP contribution in [0.4, 0.5) is 0 Å². The summed E-state index contributed by atoms with van der Waals surface area (Å²) >= 11 is 6.21. The largest absolute Gasteiger partial charge is 0.482 e. The van der Waals surface area contributed by atoms with Gasteiger partial charge in [0.2, 0.25) is 5.91 Å². The zero-order valence-corrected chi connectivity index (χ0v) is 16.6. The van der Waals surface area contributed by atoms with Gasteiger partial charge < -0.3 is 19.0 Å². The highest BCUT2D eigenvalue weighted by Gasteiger charge is 2.18. The van der Waals surface area contributed by atoms with E-state index in [2.05, 4.69) is 0 Å². The van der Waals surface area contributed by atoms with Crippen LogP contribution in [0, 0.1) is 6.92 Å². The molecule has 2 aromatic rings. The molecule has 1 aromatic carbocycles. The summed E-state index contributed by atoms with van der Waals surface area (Å²) in [7, 11) is 1.54. The molecule has 0 unspecified atom stereocenters. The third-order valence-corrected chi connectivity index (χ3v) is 4.56. The number of hydrogen-bond acceptors (Lipinski definition) is 5. The molecule has 8 heteroatoms. The number of carbonyl (C=O) groups is 2. The van der Waals surface area contributed by atoms with E-state index in [9.17, 15) is 14.4 Å². The van der Waals surface area contributed by atoms with Gasteiger partial charge in [-0.2, -0.15) is 0 Å². The third-order valence-electron chi connectivity index (χ3n) is 4.27. The van der Waals surface area contributed by atoms with Gasteiger partial charge in [0.25, 0.3) is 5.91 Å². The van der Waals surface area contributed by atoms with Crippen molar-refractivity contribution in [3.05, 3.63) is 39.2 Å². The van der Waals surface area contributed by atoms with Crippen LogP contribution in [0.1, 0.15) is 19.4 Å². The monoisotopic (exact) mass is 394 g/mol. The summed E-state index contributed by atoms with van der Waals surface area (Å²) in [6, 6.07) is 4.49. The molecule has 0 fully saturated rings. The summed E-state index contributed by atoms with van der Waals surface area (Å²) in [4.78, 5) is 38.8. The molecule has 0 bridgehead atoms. The fourth-order valence-electron chi connectivity index (χ4n) is 2.65. The number of aryl methyl sites for hydroxylation is 1. The molecule has 2 rings (SSSR count). The van der Waals surface area contributed by atoms with Crippen molar-refractivity contribution in [3.63, 3.8) is 0 Å². The average Bonchev–Trinajstić information content (AvgIpc) is 2.61. The number of hydrogen-bond donors (Lipinski definition) is 0. The summed E-state index contributed by atoms with van der Waals surface area (Å²) < 4.78 is 10.6. The molecule has 0 spiro atoms. The van der Waals surface area contributed by atoms with Gasteiger partial charge >= 0.3 is 5.63 Å². The van der Waals surface area contributed by atoms with Crippen LogP contribution in [0.15, 0.2) is 27.4 Å². The molecule has 2 amide bonds. The third kappa shape index (κ3) is 5.01. The van der Waals surface area contributed by atoms with E-state index in [1.807, 2.05) is 13.8 Å². The molecule has 0 aliphatic rings. The number of nitrogens with zero attached hydrogens (tertiary/aromatic N) is 2. The number of rotatable bonds is 7. The SMILES string of the molecule is CCN(CC)C(=O)CN(C)C(=O)COc1cc2oc(=O)cc(C)c2cc1Cl. The second-order valence-corrected chi connectivity index (χ2v) is 6.54. The van der Waals surface area contributed by atoms with E-state index in [1.54, 1.807) is 17.9 Å². The van der Waals surface area contributed by atoms with Crippen molar-refractivity contribution in [2.45, 2.75) is 20.8 Å². The summed E-state index contributed by atoms with van der Waals surface area (Å²) in [5, 5.41) is 0.995. The van der Waals surface area contributed by atoms with Gasteiger partial charge in [0, 0.05) is 37.7 Å². The fraction of sp³-hybridized carbons (Fsp3) is 0.421. The first-order chi connectivity index (χ1) is 12.8. The predicted molar refractivity (Wildman–Crippen MR) is 103 cm³/mol. The van der Waals surface area contributed by atoms with Gasteiger partial charge in [0.05, 0.1) is 11.6 Å². The van der Waals surface area contributed by atoms with Gasteiger partial charge in [-0.3, -0.25) is 9.59 Å². The Morgan fingerprint density at radius 1 is 1.15 bits per heavy atom. The van der Waals surface area contributed by atoms with Gasteiger partial charge in [0.1, 0.15) is 11.3 Å². The number of benzene rings is 1. The molecule has 27 heavy (non-hydrogen) atoms. The Balaban J connectivity index is 2.07. The molecule has 0 radical (unpaired) electrons. The molecule has 7 nitrogen and oxygen atoms in total. The van der Waals surface area contributed by atoms with E-state index >= 15 is 0 Å². The molecule has 1 heterocycles. The average molecular weight is 395 g/mol. The first kappa shape index (κ1) is 20.8. The number of carbonyl (C=O) groups excluding carboxylic acids is 2. The highest BCUT2D eigenvalue weighted by atomic mass is 35.5. The van der Waals surface area contributed by atoms with Crippen molar-refractivity contribution in [2.24, 2.45) is 0 Å². The van der Waals surface area contributed by atoms with Crippen LogP contribution in [-0.2, 0) is 9.59 Å². The fourth-order valence-corrected chi connectivity index (χ4v) is 2.87. The lowest BCUT2D eigenvalue weighted by Crippen LogP contribution is -2.42. The van der Waals surface area contributed by atoms with Gasteiger partial charge in [-0.15, -0.1) is 0 Å². The van der Waals surface area contributed by atoms with E-state index in [0.29, 0.717) is 29.1 Å². The molecule has 146 valence electrons. The first-order valence-corrected chi connectivity index (χ1v) is 9.03. The Morgan fingerprint density at radius 2 is 1.81 bits per heavy atom. The summed E-state index contributed by atoms with van der Waals surface area (Å²) in [6.45, 7) is 6.41. The smallest absolute Gasteiger partial charge is 0.336 e. The van der Waals surface area contributed by atoms with Gasteiger partial charge in [-0.1, -0.05) is 11.6 Å². The zero-order chi connectivity index (χ0) is 20.1. The first-order valence-electron chi connectivity index (χ1n) is 8.65.